The quantitative estimate of drug-likeness (QED) is 0.731. The molecule has 0 aliphatic heterocycles. The highest BCUT2D eigenvalue weighted by Gasteiger charge is 2.16. The van der Waals surface area contributed by atoms with Crippen LogP contribution in [0.5, 0.6) is 0 Å². The zero-order valence-corrected chi connectivity index (χ0v) is 13.4. The first-order valence-corrected chi connectivity index (χ1v) is 8.39. The molecule has 0 saturated carbocycles. The zero-order valence-electron chi connectivity index (χ0n) is 12.6. The van der Waals surface area contributed by atoms with Crippen LogP contribution in [0.3, 0.4) is 0 Å². The average Bonchev–Trinajstić information content (AvgIpc) is 3.00. The molecule has 4 nitrogen and oxygen atoms in total. The molecule has 2 N–H and O–H groups in total. The van der Waals surface area contributed by atoms with Gasteiger partial charge in [0, 0.05) is 22.8 Å². The fourth-order valence-corrected chi connectivity index (χ4v) is 2.95. The van der Waals surface area contributed by atoms with Gasteiger partial charge in [-0.25, -0.2) is 0 Å². The summed E-state index contributed by atoms with van der Waals surface area (Å²) in [5.74, 6) is 0.719. The SMILES string of the molecule is CCCC(O)CNC(=O)c1occc1CSc1ccccc1. The van der Waals surface area contributed by atoms with Gasteiger partial charge in [0.05, 0.1) is 12.4 Å². The molecule has 0 aliphatic rings. The second kappa shape index (κ2) is 8.66. The lowest BCUT2D eigenvalue weighted by molar-refractivity contribution is 0.0882. The predicted octanol–water partition coefficient (Wildman–Crippen LogP) is 3.46. The molecule has 0 saturated heterocycles. The molecule has 2 rings (SSSR count). The van der Waals surface area contributed by atoms with Crippen LogP contribution in [0, 0.1) is 0 Å². The third kappa shape index (κ3) is 4.93. The fraction of sp³-hybridized carbons (Fsp3) is 0.353. The molecule has 0 fully saturated rings. The molecule has 0 radical (unpaired) electrons. The monoisotopic (exact) mass is 319 g/mol. The van der Waals surface area contributed by atoms with Crippen LogP contribution >= 0.6 is 11.8 Å². The smallest absolute Gasteiger partial charge is 0.287 e. The highest BCUT2D eigenvalue weighted by molar-refractivity contribution is 7.98. The van der Waals surface area contributed by atoms with Crippen molar-refractivity contribution in [1.29, 1.82) is 0 Å². The van der Waals surface area contributed by atoms with Crippen LogP contribution in [0.4, 0.5) is 0 Å². The number of carbonyl (C=O) groups excluding carboxylic acids is 1. The molecule has 1 aromatic carbocycles. The standard InChI is InChI=1S/C17H21NO3S/c1-2-6-14(19)11-18-17(20)16-13(9-10-21-16)12-22-15-7-4-3-5-8-15/h3-5,7-10,14,19H,2,6,11-12H2,1H3,(H,18,20). The number of hydrogen-bond donors (Lipinski definition) is 2. The Bertz CT molecular complexity index is 583. The Morgan fingerprint density at radius 2 is 2.09 bits per heavy atom. The largest absolute Gasteiger partial charge is 0.459 e. The van der Waals surface area contributed by atoms with E-state index in [-0.39, 0.29) is 12.5 Å². The molecule has 1 unspecified atom stereocenters. The summed E-state index contributed by atoms with van der Waals surface area (Å²) in [7, 11) is 0. The molecule has 1 atom stereocenters. The minimum Gasteiger partial charge on any atom is -0.459 e. The number of carbonyl (C=O) groups is 1. The lowest BCUT2D eigenvalue weighted by atomic mass is 10.2. The summed E-state index contributed by atoms with van der Waals surface area (Å²) in [6, 6.07) is 11.8. The van der Waals surface area contributed by atoms with Gasteiger partial charge in [-0.1, -0.05) is 31.5 Å². The maximum absolute atomic E-state index is 12.1. The van der Waals surface area contributed by atoms with Crippen LogP contribution < -0.4 is 5.32 Å². The van der Waals surface area contributed by atoms with Crippen molar-refractivity contribution in [2.24, 2.45) is 0 Å². The van der Waals surface area contributed by atoms with Crippen molar-refractivity contribution in [2.75, 3.05) is 6.54 Å². The van der Waals surface area contributed by atoms with Gasteiger partial charge in [-0.05, 0) is 24.6 Å². The summed E-state index contributed by atoms with van der Waals surface area (Å²) in [5, 5.41) is 12.4. The lowest BCUT2D eigenvalue weighted by Gasteiger charge is -2.10. The van der Waals surface area contributed by atoms with Crippen LogP contribution in [-0.4, -0.2) is 23.7 Å². The van der Waals surface area contributed by atoms with Gasteiger partial charge in [0.15, 0.2) is 5.76 Å². The van der Waals surface area contributed by atoms with E-state index in [9.17, 15) is 9.90 Å². The molecule has 118 valence electrons. The van der Waals surface area contributed by atoms with Crippen LogP contribution in [0.2, 0.25) is 0 Å². The average molecular weight is 319 g/mol. The Morgan fingerprint density at radius 3 is 2.82 bits per heavy atom. The Hall–Kier alpha value is -1.72. The first kappa shape index (κ1) is 16.6. The van der Waals surface area contributed by atoms with Gasteiger partial charge >= 0.3 is 0 Å². The normalized spacial score (nSPS) is 12.1. The number of hydrogen-bond acceptors (Lipinski definition) is 4. The highest BCUT2D eigenvalue weighted by Crippen LogP contribution is 2.24. The third-order valence-electron chi connectivity index (χ3n) is 3.21. The van der Waals surface area contributed by atoms with E-state index in [1.807, 2.05) is 43.3 Å². The van der Waals surface area contributed by atoms with Crippen molar-refractivity contribution in [3.63, 3.8) is 0 Å². The van der Waals surface area contributed by atoms with E-state index >= 15 is 0 Å². The second-order valence-corrected chi connectivity index (χ2v) is 6.08. The number of aliphatic hydroxyl groups is 1. The third-order valence-corrected chi connectivity index (χ3v) is 4.27. The van der Waals surface area contributed by atoms with Crippen molar-refractivity contribution in [2.45, 2.75) is 36.5 Å². The number of rotatable bonds is 8. The number of nitrogens with one attached hydrogen (secondary N) is 1. The van der Waals surface area contributed by atoms with Gasteiger partial charge in [0.1, 0.15) is 0 Å². The van der Waals surface area contributed by atoms with E-state index in [4.69, 9.17) is 4.42 Å². The van der Waals surface area contributed by atoms with Crippen molar-refractivity contribution < 1.29 is 14.3 Å². The minimum absolute atomic E-state index is 0.249. The number of thioether (sulfide) groups is 1. The van der Waals surface area contributed by atoms with E-state index in [2.05, 4.69) is 5.32 Å². The van der Waals surface area contributed by atoms with Gasteiger partial charge in [0.2, 0.25) is 0 Å². The molecule has 0 spiro atoms. The van der Waals surface area contributed by atoms with E-state index in [1.165, 1.54) is 6.26 Å². The molecular formula is C17H21NO3S. The topological polar surface area (TPSA) is 62.5 Å². The second-order valence-electron chi connectivity index (χ2n) is 5.03. The molecule has 1 heterocycles. The molecule has 5 heteroatoms. The van der Waals surface area contributed by atoms with Crippen LogP contribution in [-0.2, 0) is 5.75 Å². The van der Waals surface area contributed by atoms with Crippen molar-refractivity contribution in [1.82, 2.24) is 5.32 Å². The molecule has 0 bridgehead atoms. The predicted molar refractivity (Wildman–Crippen MR) is 88.0 cm³/mol. The lowest BCUT2D eigenvalue weighted by Crippen LogP contribution is -2.32. The molecule has 1 amide bonds. The first-order valence-electron chi connectivity index (χ1n) is 7.41. The minimum atomic E-state index is -0.508. The van der Waals surface area contributed by atoms with Crippen molar-refractivity contribution in [3.8, 4) is 0 Å². The number of aliphatic hydroxyl groups excluding tert-OH is 1. The Morgan fingerprint density at radius 1 is 1.32 bits per heavy atom. The first-order chi connectivity index (χ1) is 10.7. The summed E-state index contributed by atoms with van der Waals surface area (Å²) in [4.78, 5) is 13.3. The van der Waals surface area contributed by atoms with Crippen LogP contribution in [0.1, 0.15) is 35.9 Å². The van der Waals surface area contributed by atoms with Gasteiger partial charge in [-0.2, -0.15) is 0 Å². The summed E-state index contributed by atoms with van der Waals surface area (Å²) in [6.45, 7) is 2.25. The van der Waals surface area contributed by atoms with E-state index < -0.39 is 6.10 Å². The Kier molecular flexibility index (Phi) is 6.55. The van der Waals surface area contributed by atoms with Gasteiger partial charge in [0.25, 0.3) is 5.91 Å². The number of furan rings is 1. The van der Waals surface area contributed by atoms with Crippen molar-refractivity contribution in [3.05, 3.63) is 54.0 Å². The van der Waals surface area contributed by atoms with Gasteiger partial charge in [-0.15, -0.1) is 11.8 Å². The summed E-state index contributed by atoms with van der Waals surface area (Å²) in [5.41, 5.74) is 0.858. The number of benzene rings is 1. The van der Waals surface area contributed by atoms with Gasteiger partial charge < -0.3 is 14.8 Å². The van der Waals surface area contributed by atoms with Gasteiger partial charge in [-0.3, -0.25) is 4.79 Å². The molecule has 1 aromatic heterocycles. The maximum Gasteiger partial charge on any atom is 0.287 e. The van der Waals surface area contributed by atoms with E-state index in [0.29, 0.717) is 17.9 Å². The number of amides is 1. The summed E-state index contributed by atoms with van der Waals surface area (Å²) >= 11 is 1.65. The van der Waals surface area contributed by atoms with Crippen LogP contribution in [0.25, 0.3) is 0 Å². The molecule has 2 aromatic rings. The maximum atomic E-state index is 12.1. The zero-order chi connectivity index (χ0) is 15.8. The summed E-state index contributed by atoms with van der Waals surface area (Å²) in [6.07, 6.45) is 2.58. The fourth-order valence-electron chi connectivity index (χ4n) is 2.05. The van der Waals surface area contributed by atoms with Crippen molar-refractivity contribution >= 4 is 17.7 Å². The highest BCUT2D eigenvalue weighted by atomic mass is 32.2. The summed E-state index contributed by atoms with van der Waals surface area (Å²) < 4.78 is 5.30. The molecule has 22 heavy (non-hydrogen) atoms. The Balaban J connectivity index is 1.90. The van der Waals surface area contributed by atoms with E-state index in [0.717, 1.165) is 16.9 Å². The van der Waals surface area contributed by atoms with E-state index in [1.54, 1.807) is 11.8 Å². The van der Waals surface area contributed by atoms with Crippen LogP contribution in [0.15, 0.2) is 52.0 Å². The molecule has 0 aliphatic carbocycles. The Labute approximate surface area is 134 Å². The molecular weight excluding hydrogens is 298 g/mol.